The van der Waals surface area contributed by atoms with E-state index in [4.69, 9.17) is 11.5 Å². The van der Waals surface area contributed by atoms with Gasteiger partial charge < -0.3 is 16.6 Å². The largest absolute Gasteiger partial charge is 0.511 e. The van der Waals surface area contributed by atoms with Gasteiger partial charge in [0.2, 0.25) is 0 Å². The summed E-state index contributed by atoms with van der Waals surface area (Å²) < 4.78 is 0. The molecule has 154 valence electrons. The molecule has 6 nitrogen and oxygen atoms in total. The Morgan fingerprint density at radius 1 is 0.759 bits per heavy atom. The first-order valence-electron chi connectivity index (χ1n) is 10.5. The van der Waals surface area contributed by atoms with Crippen molar-refractivity contribution in [2.24, 2.45) is 35.1 Å². The minimum absolute atomic E-state index is 0.0954. The number of hydrogen-bond donors (Lipinski definition) is 3. The molecular weight excluding hydrogens is 368 g/mol. The number of hydrogen-bond acceptors (Lipinski definition) is 6. The lowest BCUT2D eigenvalue weighted by atomic mass is 9.77. The van der Waals surface area contributed by atoms with E-state index < -0.39 is 0 Å². The fourth-order valence-electron chi connectivity index (χ4n) is 5.52. The van der Waals surface area contributed by atoms with Gasteiger partial charge >= 0.3 is 0 Å². The number of aliphatic hydroxyl groups is 1. The fourth-order valence-corrected chi connectivity index (χ4v) is 5.52. The van der Waals surface area contributed by atoms with E-state index in [0.29, 0.717) is 5.57 Å². The Kier molecular flexibility index (Phi) is 5.40. The van der Waals surface area contributed by atoms with E-state index in [-0.39, 0.29) is 64.4 Å². The zero-order valence-electron chi connectivity index (χ0n) is 16.4. The Hall–Kier alpha value is -2.31. The van der Waals surface area contributed by atoms with Crippen molar-refractivity contribution in [1.29, 1.82) is 0 Å². The van der Waals surface area contributed by atoms with E-state index >= 15 is 0 Å². The molecule has 3 saturated carbocycles. The highest BCUT2D eigenvalue weighted by Crippen LogP contribution is 2.42. The van der Waals surface area contributed by atoms with E-state index in [2.05, 4.69) is 0 Å². The van der Waals surface area contributed by atoms with Gasteiger partial charge in [0.1, 0.15) is 5.76 Å². The number of ketones is 3. The van der Waals surface area contributed by atoms with Gasteiger partial charge in [-0.3, -0.25) is 14.4 Å². The van der Waals surface area contributed by atoms with E-state index in [1.807, 2.05) is 0 Å². The van der Waals surface area contributed by atoms with Crippen LogP contribution >= 0.6 is 0 Å². The van der Waals surface area contributed by atoms with Crippen LogP contribution in [0.5, 0.6) is 0 Å². The van der Waals surface area contributed by atoms with Crippen molar-refractivity contribution in [3.63, 3.8) is 0 Å². The quantitative estimate of drug-likeness (QED) is 0.381. The molecule has 0 aromatic rings. The maximum Gasteiger partial charge on any atom is 0.171 e. The molecule has 6 atom stereocenters. The van der Waals surface area contributed by atoms with Crippen LogP contribution in [0.25, 0.3) is 0 Å². The molecule has 0 amide bonds. The first kappa shape index (κ1) is 20.0. The number of Topliss-reactive ketones (excluding diaryl/α,β-unsaturated/α-hetero) is 3. The third-order valence-electron chi connectivity index (χ3n) is 7.01. The van der Waals surface area contributed by atoms with Gasteiger partial charge in [0.15, 0.2) is 17.3 Å². The minimum atomic E-state index is -0.378. The number of allylic oxidation sites excluding steroid dienone is 8. The molecule has 4 aliphatic carbocycles. The van der Waals surface area contributed by atoms with Crippen LogP contribution < -0.4 is 11.5 Å². The van der Waals surface area contributed by atoms with Crippen LogP contribution in [-0.2, 0) is 14.4 Å². The summed E-state index contributed by atoms with van der Waals surface area (Å²) in [5.41, 5.74) is 12.7. The van der Waals surface area contributed by atoms with Crippen LogP contribution in [0.15, 0.2) is 47.3 Å². The van der Waals surface area contributed by atoms with E-state index in [9.17, 15) is 19.5 Å². The van der Waals surface area contributed by atoms with Crippen molar-refractivity contribution in [1.82, 2.24) is 0 Å². The van der Waals surface area contributed by atoms with E-state index in [1.54, 1.807) is 30.4 Å². The van der Waals surface area contributed by atoms with Gasteiger partial charge in [-0.2, -0.15) is 0 Å². The standard InChI is InChI=1S/C23H28N2O4/c24-16-10-4-8-12-18(16)22(28)14(20(12)26)6-2-1-3-7-15-21(27)13-9-5-11-17(25)19(13)23(15)29/h1-3,6-7,12-13,16-19,26H,4-5,8-11,24-25H2. The van der Waals surface area contributed by atoms with Crippen molar-refractivity contribution in [3.8, 4) is 0 Å². The van der Waals surface area contributed by atoms with Crippen molar-refractivity contribution >= 4 is 17.3 Å². The van der Waals surface area contributed by atoms with Crippen LogP contribution in [0.4, 0.5) is 0 Å². The number of nitrogens with two attached hydrogens (primary N) is 2. The highest BCUT2D eigenvalue weighted by molar-refractivity contribution is 6.27. The summed E-state index contributed by atoms with van der Waals surface area (Å²) >= 11 is 0. The Balaban J connectivity index is 1.46. The van der Waals surface area contributed by atoms with Gasteiger partial charge in [0.25, 0.3) is 0 Å². The van der Waals surface area contributed by atoms with Crippen molar-refractivity contribution < 1.29 is 19.5 Å². The molecule has 6 unspecified atom stereocenters. The molecule has 0 aromatic carbocycles. The Morgan fingerprint density at radius 3 is 2.00 bits per heavy atom. The predicted molar refractivity (Wildman–Crippen MR) is 109 cm³/mol. The van der Waals surface area contributed by atoms with Gasteiger partial charge in [-0.25, -0.2) is 0 Å². The summed E-state index contributed by atoms with van der Waals surface area (Å²) in [6.45, 7) is 0. The lowest BCUT2D eigenvalue weighted by molar-refractivity contribution is -0.121. The summed E-state index contributed by atoms with van der Waals surface area (Å²) in [5, 5.41) is 10.4. The lowest BCUT2D eigenvalue weighted by Crippen LogP contribution is -2.40. The molecule has 0 radical (unpaired) electrons. The maximum absolute atomic E-state index is 12.6. The highest BCUT2D eigenvalue weighted by Gasteiger charge is 2.49. The molecule has 6 heteroatoms. The summed E-state index contributed by atoms with van der Waals surface area (Å²) in [4.78, 5) is 37.7. The Morgan fingerprint density at radius 2 is 1.38 bits per heavy atom. The normalized spacial score (nSPS) is 39.2. The summed E-state index contributed by atoms with van der Waals surface area (Å²) in [6, 6.07) is -0.443. The molecule has 3 fully saturated rings. The number of carbonyl (C=O) groups is 3. The van der Waals surface area contributed by atoms with Crippen molar-refractivity contribution in [2.75, 3.05) is 0 Å². The third-order valence-corrected chi connectivity index (χ3v) is 7.01. The molecule has 4 rings (SSSR count). The van der Waals surface area contributed by atoms with Crippen LogP contribution in [0.2, 0.25) is 0 Å². The second-order valence-corrected chi connectivity index (χ2v) is 8.67. The summed E-state index contributed by atoms with van der Waals surface area (Å²) in [5.74, 6) is -1.35. The molecule has 0 bridgehead atoms. The van der Waals surface area contributed by atoms with Crippen molar-refractivity contribution in [2.45, 2.75) is 50.6 Å². The van der Waals surface area contributed by atoms with Gasteiger partial charge in [-0.15, -0.1) is 0 Å². The van der Waals surface area contributed by atoms with Crippen molar-refractivity contribution in [3.05, 3.63) is 47.3 Å². The topological polar surface area (TPSA) is 123 Å². The molecule has 0 aromatic heterocycles. The second-order valence-electron chi connectivity index (χ2n) is 8.67. The molecule has 0 heterocycles. The first-order chi connectivity index (χ1) is 13.9. The molecule has 0 spiro atoms. The zero-order chi connectivity index (χ0) is 20.7. The van der Waals surface area contributed by atoms with E-state index in [1.165, 1.54) is 0 Å². The van der Waals surface area contributed by atoms with Gasteiger partial charge in [-0.1, -0.05) is 31.1 Å². The number of aliphatic hydroxyl groups excluding tert-OH is 1. The molecule has 0 saturated heterocycles. The van der Waals surface area contributed by atoms with Gasteiger partial charge in [-0.05, 0) is 37.8 Å². The summed E-state index contributed by atoms with van der Waals surface area (Å²) in [6.07, 6.45) is 12.9. The molecular formula is C23H28N2O4. The molecule has 0 aliphatic heterocycles. The number of rotatable bonds is 3. The van der Waals surface area contributed by atoms with Gasteiger partial charge in [0, 0.05) is 35.8 Å². The summed E-state index contributed by atoms with van der Waals surface area (Å²) in [7, 11) is 0. The zero-order valence-corrected chi connectivity index (χ0v) is 16.4. The van der Waals surface area contributed by atoms with Crippen LogP contribution in [0.1, 0.15) is 38.5 Å². The average molecular weight is 396 g/mol. The average Bonchev–Trinajstić information content (AvgIpc) is 3.09. The smallest absolute Gasteiger partial charge is 0.171 e. The predicted octanol–water partition coefficient (Wildman–Crippen LogP) is 2.06. The molecule has 4 aliphatic rings. The minimum Gasteiger partial charge on any atom is -0.511 e. The van der Waals surface area contributed by atoms with Crippen LogP contribution in [0, 0.1) is 23.7 Å². The number of carbonyl (C=O) groups excluding carboxylic acids is 3. The highest BCUT2D eigenvalue weighted by atomic mass is 16.3. The molecule has 5 N–H and O–H groups in total. The monoisotopic (exact) mass is 396 g/mol. The fraction of sp³-hybridized carbons (Fsp3) is 0.522. The van der Waals surface area contributed by atoms with Crippen LogP contribution in [0.3, 0.4) is 0 Å². The third kappa shape index (κ3) is 3.34. The Bertz CT molecular complexity index is 866. The van der Waals surface area contributed by atoms with Gasteiger partial charge in [0.05, 0.1) is 11.1 Å². The van der Waals surface area contributed by atoms with E-state index in [0.717, 1.165) is 38.5 Å². The lowest BCUT2D eigenvalue weighted by Gasteiger charge is -2.30. The SMILES string of the molecule is NC1CCCC2C(=O)C(=CC=CC=CC3=C(O)C4CCCC(N)C4C3=O)C(=O)C12. The molecule has 29 heavy (non-hydrogen) atoms. The Labute approximate surface area is 170 Å². The van der Waals surface area contributed by atoms with Crippen LogP contribution in [-0.4, -0.2) is 34.5 Å². The first-order valence-corrected chi connectivity index (χ1v) is 10.5. The number of fused-ring (bicyclic) bond motifs is 2. The maximum atomic E-state index is 12.6. The second kappa shape index (κ2) is 7.84.